The monoisotopic (exact) mass is 458 g/mol. The van der Waals surface area contributed by atoms with Crippen LogP contribution in [0.3, 0.4) is 0 Å². The van der Waals surface area contributed by atoms with E-state index in [9.17, 15) is 13.2 Å². The molecule has 2 aromatic carbocycles. The van der Waals surface area contributed by atoms with E-state index in [2.05, 4.69) is 15.5 Å². The molecule has 172 valence electrons. The third-order valence-corrected chi connectivity index (χ3v) is 7.76. The minimum absolute atomic E-state index is 0.169. The van der Waals surface area contributed by atoms with Gasteiger partial charge in [0.2, 0.25) is 15.9 Å². The van der Waals surface area contributed by atoms with Gasteiger partial charge in [-0.3, -0.25) is 4.79 Å². The number of amides is 1. The molecule has 2 aliphatic heterocycles. The summed E-state index contributed by atoms with van der Waals surface area (Å²) in [5, 5.41) is 6.05. The van der Waals surface area contributed by atoms with Crippen LogP contribution < -0.4 is 15.5 Å². The maximum Gasteiger partial charge on any atom is 0.246 e. The molecule has 4 rings (SSSR count). The van der Waals surface area contributed by atoms with Crippen LogP contribution in [0, 0.1) is 0 Å². The molecule has 2 aliphatic rings. The Bertz CT molecular complexity index is 1010. The average molecular weight is 459 g/mol. The van der Waals surface area contributed by atoms with Crippen LogP contribution in [0.2, 0.25) is 0 Å². The second kappa shape index (κ2) is 9.89. The number of sulfonamides is 1. The third kappa shape index (κ3) is 5.23. The van der Waals surface area contributed by atoms with Crippen LogP contribution in [-0.2, 0) is 19.6 Å². The molecule has 0 aliphatic carbocycles. The van der Waals surface area contributed by atoms with Gasteiger partial charge in [0.1, 0.15) is 6.04 Å². The van der Waals surface area contributed by atoms with Gasteiger partial charge in [-0.2, -0.15) is 4.31 Å². The molecular weight excluding hydrogens is 428 g/mol. The van der Waals surface area contributed by atoms with Crippen LogP contribution in [0.25, 0.3) is 0 Å². The van der Waals surface area contributed by atoms with Crippen LogP contribution in [0.5, 0.6) is 0 Å². The largest absolute Gasteiger partial charge is 0.378 e. The summed E-state index contributed by atoms with van der Waals surface area (Å²) in [5.41, 5.74) is 2.53. The van der Waals surface area contributed by atoms with Gasteiger partial charge < -0.3 is 20.3 Å². The highest BCUT2D eigenvalue weighted by Gasteiger charge is 2.27. The Labute approximate surface area is 189 Å². The smallest absolute Gasteiger partial charge is 0.246 e. The van der Waals surface area contributed by atoms with Crippen LogP contribution in [0.1, 0.15) is 19.8 Å². The molecule has 2 aromatic rings. The fourth-order valence-corrected chi connectivity index (χ4v) is 5.46. The van der Waals surface area contributed by atoms with E-state index in [0.29, 0.717) is 18.8 Å². The average Bonchev–Trinajstić information content (AvgIpc) is 3.36. The summed E-state index contributed by atoms with van der Waals surface area (Å²) >= 11 is 0. The molecule has 0 bridgehead atoms. The zero-order valence-corrected chi connectivity index (χ0v) is 19.1. The minimum Gasteiger partial charge on any atom is -0.378 e. The summed E-state index contributed by atoms with van der Waals surface area (Å²) in [6, 6.07) is 13.9. The van der Waals surface area contributed by atoms with Gasteiger partial charge >= 0.3 is 0 Å². The minimum atomic E-state index is -3.44. The Morgan fingerprint density at radius 1 is 0.906 bits per heavy atom. The Morgan fingerprint density at radius 3 is 2.12 bits per heavy atom. The van der Waals surface area contributed by atoms with Crippen molar-refractivity contribution < 1.29 is 17.9 Å². The van der Waals surface area contributed by atoms with Gasteiger partial charge in [-0.25, -0.2) is 8.42 Å². The van der Waals surface area contributed by atoms with Crippen molar-refractivity contribution in [2.75, 3.05) is 54.9 Å². The number of anilines is 3. The molecule has 2 N–H and O–H groups in total. The Kier molecular flexibility index (Phi) is 6.98. The van der Waals surface area contributed by atoms with E-state index in [1.807, 2.05) is 24.3 Å². The van der Waals surface area contributed by atoms with Crippen molar-refractivity contribution in [3.8, 4) is 0 Å². The second-order valence-corrected chi connectivity index (χ2v) is 10.1. The predicted molar refractivity (Wildman–Crippen MR) is 126 cm³/mol. The summed E-state index contributed by atoms with van der Waals surface area (Å²) in [7, 11) is -3.44. The van der Waals surface area contributed by atoms with Gasteiger partial charge in [0.25, 0.3) is 0 Å². The molecule has 9 heteroatoms. The molecule has 0 spiro atoms. The van der Waals surface area contributed by atoms with Gasteiger partial charge in [0.15, 0.2) is 0 Å². The quantitative estimate of drug-likeness (QED) is 0.663. The topological polar surface area (TPSA) is 91.0 Å². The maximum absolute atomic E-state index is 12.6. The lowest BCUT2D eigenvalue weighted by molar-refractivity contribution is -0.116. The number of carbonyl (C=O) groups excluding carboxylic acids is 1. The van der Waals surface area contributed by atoms with Crippen molar-refractivity contribution in [2.45, 2.75) is 30.7 Å². The molecule has 8 nitrogen and oxygen atoms in total. The lowest BCUT2D eigenvalue weighted by Gasteiger charge is -2.29. The molecular formula is C23H30N4O4S. The molecule has 0 saturated carbocycles. The second-order valence-electron chi connectivity index (χ2n) is 8.14. The maximum atomic E-state index is 12.6. The van der Waals surface area contributed by atoms with E-state index in [0.717, 1.165) is 50.5 Å². The Balaban J connectivity index is 1.32. The predicted octanol–water partition coefficient (Wildman–Crippen LogP) is 2.75. The van der Waals surface area contributed by atoms with E-state index in [-0.39, 0.29) is 10.8 Å². The van der Waals surface area contributed by atoms with Crippen molar-refractivity contribution in [3.63, 3.8) is 0 Å². The first-order chi connectivity index (χ1) is 15.4. The molecule has 32 heavy (non-hydrogen) atoms. The summed E-state index contributed by atoms with van der Waals surface area (Å²) in [5.74, 6) is -0.169. The number of benzene rings is 2. The first kappa shape index (κ1) is 22.6. The number of hydrogen-bond donors (Lipinski definition) is 2. The van der Waals surface area contributed by atoms with Gasteiger partial charge in [-0.05, 0) is 68.3 Å². The SMILES string of the molecule is CC(Nc1ccc(S(=O)(=O)N2CCCC2)cc1)C(=O)Nc1ccc(N2CCOCC2)cc1. The normalized spacial score (nSPS) is 18.3. The number of nitrogens with one attached hydrogen (secondary N) is 2. The Morgan fingerprint density at radius 2 is 1.50 bits per heavy atom. The van der Waals surface area contributed by atoms with E-state index in [1.54, 1.807) is 31.2 Å². The van der Waals surface area contributed by atoms with E-state index < -0.39 is 16.1 Å². The number of nitrogens with zero attached hydrogens (tertiary/aromatic N) is 2. The first-order valence-corrected chi connectivity index (χ1v) is 12.5. The van der Waals surface area contributed by atoms with E-state index in [4.69, 9.17) is 4.74 Å². The number of morpholine rings is 1. The highest BCUT2D eigenvalue weighted by atomic mass is 32.2. The van der Waals surface area contributed by atoms with Crippen molar-refractivity contribution in [2.24, 2.45) is 0 Å². The molecule has 0 radical (unpaired) electrons. The fraction of sp³-hybridized carbons (Fsp3) is 0.435. The zero-order valence-electron chi connectivity index (χ0n) is 18.3. The highest BCUT2D eigenvalue weighted by Crippen LogP contribution is 2.23. The fourth-order valence-electron chi connectivity index (χ4n) is 3.94. The zero-order chi connectivity index (χ0) is 22.6. The van der Waals surface area contributed by atoms with Crippen LogP contribution in [0.4, 0.5) is 17.1 Å². The van der Waals surface area contributed by atoms with E-state index >= 15 is 0 Å². The number of hydrogen-bond acceptors (Lipinski definition) is 6. The standard InChI is InChI=1S/C23H30N4O4S/c1-18(23(28)25-20-4-8-21(9-5-20)26-14-16-31-17-15-26)24-19-6-10-22(11-7-19)32(29,30)27-12-2-3-13-27/h4-11,18,24H,2-3,12-17H2,1H3,(H,25,28). The van der Waals surface area contributed by atoms with Crippen LogP contribution in [0.15, 0.2) is 53.4 Å². The summed E-state index contributed by atoms with van der Waals surface area (Å²) in [6.07, 6.45) is 1.81. The summed E-state index contributed by atoms with van der Waals surface area (Å²) < 4.78 is 32.2. The molecule has 0 aromatic heterocycles. The lowest BCUT2D eigenvalue weighted by atomic mass is 10.2. The molecule has 1 atom stereocenters. The summed E-state index contributed by atoms with van der Waals surface area (Å²) in [4.78, 5) is 15.1. The number of ether oxygens (including phenoxy) is 1. The number of rotatable bonds is 7. The van der Waals surface area contributed by atoms with Crippen molar-refractivity contribution in [1.82, 2.24) is 4.31 Å². The van der Waals surface area contributed by atoms with E-state index in [1.165, 1.54) is 4.31 Å². The third-order valence-electron chi connectivity index (χ3n) is 5.84. The number of carbonyl (C=O) groups is 1. The highest BCUT2D eigenvalue weighted by molar-refractivity contribution is 7.89. The van der Waals surface area contributed by atoms with Gasteiger partial charge in [0, 0.05) is 43.2 Å². The molecule has 2 saturated heterocycles. The molecule has 2 fully saturated rings. The lowest BCUT2D eigenvalue weighted by Crippen LogP contribution is -2.36. The van der Waals surface area contributed by atoms with Gasteiger partial charge in [-0.1, -0.05) is 0 Å². The van der Waals surface area contributed by atoms with Gasteiger partial charge in [0.05, 0.1) is 18.1 Å². The Hall–Kier alpha value is -2.62. The van der Waals surface area contributed by atoms with Crippen LogP contribution in [-0.4, -0.2) is 64.1 Å². The van der Waals surface area contributed by atoms with Crippen molar-refractivity contribution >= 4 is 33.0 Å². The first-order valence-electron chi connectivity index (χ1n) is 11.0. The molecule has 1 amide bonds. The molecule has 2 heterocycles. The summed E-state index contributed by atoms with van der Waals surface area (Å²) in [6.45, 7) is 6.11. The van der Waals surface area contributed by atoms with Crippen molar-refractivity contribution in [1.29, 1.82) is 0 Å². The van der Waals surface area contributed by atoms with Gasteiger partial charge in [-0.15, -0.1) is 0 Å². The van der Waals surface area contributed by atoms with Crippen molar-refractivity contribution in [3.05, 3.63) is 48.5 Å². The van der Waals surface area contributed by atoms with Crippen LogP contribution >= 0.6 is 0 Å². The molecule has 1 unspecified atom stereocenters.